The average molecular weight is 463 g/mol. The van der Waals surface area contributed by atoms with Crippen molar-refractivity contribution in [2.75, 3.05) is 6.54 Å². The predicted octanol–water partition coefficient (Wildman–Crippen LogP) is 0.131. The molecule has 1 N–H and O–H groups in total. The first-order valence-corrected chi connectivity index (χ1v) is 10.7. The summed E-state index contributed by atoms with van der Waals surface area (Å²) in [6, 6.07) is 3.43. The molecule has 2 aromatic rings. The first-order chi connectivity index (χ1) is 15.1. The highest BCUT2D eigenvalue weighted by atomic mass is 32.2. The number of hydrogen-bond acceptors (Lipinski definition) is 9. The number of carbonyl (C=O) groups is 4. The van der Waals surface area contributed by atoms with Crippen molar-refractivity contribution in [3.05, 3.63) is 23.9 Å². The minimum atomic E-state index is -0.775. The van der Waals surface area contributed by atoms with Crippen LogP contribution < -0.4 is 9.88 Å². The van der Waals surface area contributed by atoms with Gasteiger partial charge in [-0.2, -0.15) is 4.57 Å². The van der Waals surface area contributed by atoms with Crippen molar-refractivity contribution in [2.24, 2.45) is 7.05 Å². The molecule has 0 aromatic carbocycles. The molecule has 12 nitrogen and oxygen atoms in total. The smallest absolute Gasteiger partial charge is 0.334 e. The van der Waals surface area contributed by atoms with E-state index >= 15 is 0 Å². The summed E-state index contributed by atoms with van der Waals surface area (Å²) in [5.41, 5.74) is 0.117. The molecule has 13 heteroatoms. The minimum absolute atomic E-state index is 0.00550. The van der Waals surface area contributed by atoms with E-state index in [1.54, 1.807) is 34.6 Å². The quantitative estimate of drug-likeness (QED) is 0.449. The van der Waals surface area contributed by atoms with E-state index in [4.69, 9.17) is 4.84 Å². The molecule has 1 aliphatic heterocycles. The van der Waals surface area contributed by atoms with Crippen LogP contribution in [0.5, 0.6) is 0 Å². The zero-order valence-electron chi connectivity index (χ0n) is 18.2. The summed E-state index contributed by atoms with van der Waals surface area (Å²) in [5.74, 6) is -2.25. The Morgan fingerprint density at radius 1 is 1.22 bits per heavy atom. The van der Waals surface area contributed by atoms with Gasteiger partial charge in [0.05, 0.1) is 12.0 Å². The molecule has 0 atom stereocenters. The zero-order valence-corrected chi connectivity index (χ0v) is 19.0. The fraction of sp³-hybridized carbons (Fsp3) is 0.474. The number of aromatic nitrogens is 5. The lowest BCUT2D eigenvalue weighted by Crippen LogP contribution is -2.35. The normalized spacial score (nSPS) is 14.1. The summed E-state index contributed by atoms with van der Waals surface area (Å²) in [4.78, 5) is 51.9. The third kappa shape index (κ3) is 5.46. The summed E-state index contributed by atoms with van der Waals surface area (Å²) in [6.07, 6.45) is 1.53. The Balaban J connectivity index is 1.54. The number of nitrogens with one attached hydrogen (secondary N) is 1. The van der Waals surface area contributed by atoms with Gasteiger partial charge in [-0.25, -0.2) is 9.48 Å². The van der Waals surface area contributed by atoms with Gasteiger partial charge in [0.2, 0.25) is 10.2 Å². The van der Waals surface area contributed by atoms with E-state index in [0.717, 1.165) is 5.03 Å². The molecule has 1 fully saturated rings. The molecule has 0 unspecified atom stereocenters. The third-order valence-corrected chi connectivity index (χ3v) is 5.50. The van der Waals surface area contributed by atoms with E-state index in [-0.39, 0.29) is 37.3 Å². The first-order valence-electron chi connectivity index (χ1n) is 9.87. The molecule has 0 saturated carbocycles. The lowest BCUT2D eigenvalue weighted by molar-refractivity contribution is -0.709. The van der Waals surface area contributed by atoms with Gasteiger partial charge in [0.25, 0.3) is 17.7 Å². The van der Waals surface area contributed by atoms with Gasteiger partial charge in [0, 0.05) is 37.2 Å². The summed E-state index contributed by atoms with van der Waals surface area (Å²) in [6.45, 7) is 5.99. The van der Waals surface area contributed by atoms with Crippen molar-refractivity contribution in [3.8, 4) is 0 Å². The van der Waals surface area contributed by atoms with E-state index in [2.05, 4.69) is 20.8 Å². The molecule has 3 heterocycles. The van der Waals surface area contributed by atoms with Crippen LogP contribution in [-0.2, 0) is 31.8 Å². The molecular weight excluding hydrogens is 438 g/mol. The van der Waals surface area contributed by atoms with E-state index < -0.39 is 17.8 Å². The molecule has 0 spiro atoms. The van der Waals surface area contributed by atoms with Crippen LogP contribution in [0, 0.1) is 0 Å². The Bertz CT molecular complexity index is 1050. The second kappa shape index (κ2) is 9.42. The van der Waals surface area contributed by atoms with Crippen LogP contribution in [-0.4, -0.2) is 55.5 Å². The Hall–Kier alpha value is -3.35. The van der Waals surface area contributed by atoms with Gasteiger partial charge >= 0.3 is 5.97 Å². The van der Waals surface area contributed by atoms with Crippen molar-refractivity contribution < 1.29 is 28.6 Å². The Morgan fingerprint density at radius 2 is 1.91 bits per heavy atom. The lowest BCUT2D eigenvalue weighted by Gasteiger charge is -2.18. The largest absolute Gasteiger partial charge is 0.351 e. The maximum atomic E-state index is 12.4. The molecule has 1 aliphatic rings. The maximum absolute atomic E-state index is 12.4. The second-order valence-corrected chi connectivity index (χ2v) is 9.05. The number of aryl methyl sites for hydroxylation is 1. The number of rotatable bonds is 7. The fourth-order valence-electron chi connectivity index (χ4n) is 2.78. The van der Waals surface area contributed by atoms with Crippen LogP contribution in [0.4, 0.5) is 0 Å². The predicted molar refractivity (Wildman–Crippen MR) is 109 cm³/mol. The molecule has 1 saturated heterocycles. The highest BCUT2D eigenvalue weighted by Crippen LogP contribution is 2.26. The molecule has 32 heavy (non-hydrogen) atoms. The number of nitrogens with zero attached hydrogens (tertiary/aromatic N) is 6. The highest BCUT2D eigenvalue weighted by Gasteiger charge is 2.32. The lowest BCUT2D eigenvalue weighted by atomic mass is 10.1. The first kappa shape index (κ1) is 23.3. The minimum Gasteiger partial charge on any atom is -0.351 e. The average Bonchev–Trinajstić information content (AvgIpc) is 3.31. The van der Waals surface area contributed by atoms with Crippen molar-refractivity contribution in [1.29, 1.82) is 0 Å². The van der Waals surface area contributed by atoms with E-state index in [1.165, 1.54) is 11.8 Å². The van der Waals surface area contributed by atoms with E-state index in [9.17, 15) is 19.2 Å². The molecule has 3 rings (SSSR count). The maximum Gasteiger partial charge on any atom is 0.334 e. The fourth-order valence-corrected chi connectivity index (χ4v) is 3.77. The van der Waals surface area contributed by atoms with Crippen LogP contribution in [0.3, 0.4) is 0 Å². The van der Waals surface area contributed by atoms with Gasteiger partial charge in [-0.15, -0.1) is 10.2 Å². The van der Waals surface area contributed by atoms with Gasteiger partial charge in [-0.1, -0.05) is 0 Å². The Kier molecular flexibility index (Phi) is 6.87. The Labute approximate surface area is 188 Å². The van der Waals surface area contributed by atoms with Crippen molar-refractivity contribution in [2.45, 2.75) is 55.8 Å². The topological polar surface area (TPSA) is 140 Å². The van der Waals surface area contributed by atoms with Crippen LogP contribution in [0.1, 0.15) is 50.4 Å². The van der Waals surface area contributed by atoms with Gasteiger partial charge in [-0.3, -0.25) is 14.4 Å². The number of amides is 3. The van der Waals surface area contributed by atoms with Crippen LogP contribution in [0.2, 0.25) is 0 Å². The van der Waals surface area contributed by atoms with Gasteiger partial charge < -0.3 is 10.2 Å². The molecule has 2 aromatic heterocycles. The van der Waals surface area contributed by atoms with Crippen molar-refractivity contribution in [3.63, 3.8) is 0 Å². The number of tetrazole rings is 1. The number of imide groups is 1. The summed E-state index contributed by atoms with van der Waals surface area (Å²) < 4.78 is 3.50. The second-order valence-electron chi connectivity index (χ2n) is 8.06. The summed E-state index contributed by atoms with van der Waals surface area (Å²) in [5, 5.41) is 16.4. The number of pyridine rings is 1. The monoisotopic (exact) mass is 462 g/mol. The number of carbonyl (C=O) groups excluding carboxylic acids is 4. The molecule has 0 radical (unpaired) electrons. The van der Waals surface area contributed by atoms with E-state index in [0.29, 0.717) is 15.8 Å². The molecular formula is C19H24N7O5S+. The van der Waals surface area contributed by atoms with Crippen LogP contribution >= 0.6 is 11.8 Å². The summed E-state index contributed by atoms with van der Waals surface area (Å²) in [7, 11) is 1.80. The molecule has 3 amide bonds. The van der Waals surface area contributed by atoms with Gasteiger partial charge in [-0.05, 0) is 37.3 Å². The SMILES string of the molecule is C[n+]1cc(C(=O)NCCC(=O)ON2C(=O)CCC2=O)ccc1Sc1nnnn1C(C)(C)C. The van der Waals surface area contributed by atoms with Crippen molar-refractivity contribution in [1.82, 2.24) is 30.6 Å². The molecule has 170 valence electrons. The standard InChI is InChI=1S/C19H23N7O5S/c1-19(2,3)26-18(21-22-23-26)32-15-8-5-12(11-24(15)4)17(30)20-10-9-16(29)31-25-13(27)6-7-14(25)28/h5,8,11H,6-7,9-10H2,1-4H3/p+1. The third-order valence-electron chi connectivity index (χ3n) is 4.43. The molecule has 0 aliphatic carbocycles. The van der Waals surface area contributed by atoms with Crippen LogP contribution in [0.25, 0.3) is 0 Å². The van der Waals surface area contributed by atoms with Crippen LogP contribution in [0.15, 0.2) is 28.5 Å². The van der Waals surface area contributed by atoms with Crippen molar-refractivity contribution >= 4 is 35.5 Å². The summed E-state index contributed by atoms with van der Waals surface area (Å²) >= 11 is 1.37. The Morgan fingerprint density at radius 3 is 2.53 bits per heavy atom. The van der Waals surface area contributed by atoms with Gasteiger partial charge in [0.1, 0.15) is 12.6 Å². The number of hydrogen-bond donors (Lipinski definition) is 1. The number of hydroxylamine groups is 2. The van der Waals surface area contributed by atoms with Gasteiger partial charge in [0.15, 0.2) is 6.20 Å². The highest BCUT2D eigenvalue weighted by molar-refractivity contribution is 7.99. The molecule has 0 bridgehead atoms. The van der Waals surface area contributed by atoms with E-state index in [1.807, 2.05) is 20.8 Å². The zero-order chi connectivity index (χ0) is 23.5.